The fourth-order valence-electron chi connectivity index (χ4n) is 1.97. The highest BCUT2D eigenvalue weighted by Gasteiger charge is 2.09. The summed E-state index contributed by atoms with van der Waals surface area (Å²) in [6.07, 6.45) is 3.31. The molecule has 0 radical (unpaired) electrons. The van der Waals surface area contributed by atoms with Crippen LogP contribution in [0.4, 0.5) is 0 Å². The molecule has 0 saturated heterocycles. The zero-order chi connectivity index (χ0) is 16.5. The van der Waals surface area contributed by atoms with E-state index in [1.165, 1.54) is 11.8 Å². The molecular formula is C16H22N4O2S. The highest BCUT2D eigenvalue weighted by molar-refractivity contribution is 7.99. The molecule has 0 spiro atoms. The first-order valence-electron chi connectivity index (χ1n) is 7.69. The fourth-order valence-corrected chi connectivity index (χ4v) is 2.60. The number of ether oxygens (including phenoxy) is 1. The standard InChI is InChI=1S/C16H22N4O2S/c1-3-4-5-10-17-14(21)11-23-16-18-15(19-20-16)12-6-8-13(22-2)9-7-12/h6-9H,3-5,10-11H2,1-2H3,(H,17,21)(H,18,19,20). The van der Waals surface area contributed by atoms with E-state index in [1.807, 2.05) is 24.3 Å². The van der Waals surface area contributed by atoms with E-state index in [0.717, 1.165) is 37.1 Å². The Morgan fingerprint density at radius 2 is 2.09 bits per heavy atom. The number of hydrogen-bond acceptors (Lipinski definition) is 5. The van der Waals surface area contributed by atoms with Crippen LogP contribution in [0.2, 0.25) is 0 Å². The highest BCUT2D eigenvalue weighted by Crippen LogP contribution is 2.21. The molecule has 0 aliphatic rings. The predicted octanol–water partition coefficient (Wildman–Crippen LogP) is 2.88. The second-order valence-corrected chi connectivity index (χ2v) is 5.98. The smallest absolute Gasteiger partial charge is 0.230 e. The summed E-state index contributed by atoms with van der Waals surface area (Å²) in [6, 6.07) is 7.56. The molecule has 7 heteroatoms. The van der Waals surface area contributed by atoms with Crippen molar-refractivity contribution in [1.82, 2.24) is 20.5 Å². The minimum atomic E-state index is 0.0156. The summed E-state index contributed by atoms with van der Waals surface area (Å²) in [5.74, 6) is 1.81. The zero-order valence-corrected chi connectivity index (χ0v) is 14.3. The minimum absolute atomic E-state index is 0.0156. The normalized spacial score (nSPS) is 10.5. The highest BCUT2D eigenvalue weighted by atomic mass is 32.2. The fraction of sp³-hybridized carbons (Fsp3) is 0.438. The van der Waals surface area contributed by atoms with E-state index in [0.29, 0.717) is 16.7 Å². The third-order valence-electron chi connectivity index (χ3n) is 3.26. The Labute approximate surface area is 140 Å². The average Bonchev–Trinajstić information content (AvgIpc) is 3.06. The number of carbonyl (C=O) groups is 1. The van der Waals surface area contributed by atoms with Crippen LogP contribution in [0.15, 0.2) is 29.4 Å². The van der Waals surface area contributed by atoms with Crippen LogP contribution in [0.1, 0.15) is 26.2 Å². The van der Waals surface area contributed by atoms with Crippen LogP contribution in [0.5, 0.6) is 5.75 Å². The minimum Gasteiger partial charge on any atom is -0.497 e. The third kappa shape index (κ3) is 5.59. The van der Waals surface area contributed by atoms with Gasteiger partial charge in [-0.1, -0.05) is 31.5 Å². The molecule has 2 aromatic rings. The number of thioether (sulfide) groups is 1. The number of methoxy groups -OCH3 is 1. The molecule has 1 aromatic carbocycles. The van der Waals surface area contributed by atoms with E-state index in [-0.39, 0.29) is 5.91 Å². The van der Waals surface area contributed by atoms with Crippen molar-refractivity contribution in [2.45, 2.75) is 31.3 Å². The maximum Gasteiger partial charge on any atom is 0.230 e. The molecule has 6 nitrogen and oxygen atoms in total. The summed E-state index contributed by atoms with van der Waals surface area (Å²) in [5, 5.41) is 10.5. The lowest BCUT2D eigenvalue weighted by atomic mass is 10.2. The number of amides is 1. The van der Waals surface area contributed by atoms with E-state index in [2.05, 4.69) is 27.4 Å². The van der Waals surface area contributed by atoms with Crippen LogP contribution in [-0.4, -0.2) is 40.5 Å². The summed E-state index contributed by atoms with van der Waals surface area (Å²) < 4.78 is 5.13. The Bertz CT molecular complexity index is 613. The predicted molar refractivity (Wildman–Crippen MR) is 91.6 cm³/mol. The Balaban J connectivity index is 1.81. The van der Waals surface area contributed by atoms with Crippen LogP contribution >= 0.6 is 11.8 Å². The van der Waals surface area contributed by atoms with Gasteiger partial charge in [-0.3, -0.25) is 9.89 Å². The number of nitrogens with one attached hydrogen (secondary N) is 2. The lowest BCUT2D eigenvalue weighted by Gasteiger charge is -2.02. The topological polar surface area (TPSA) is 79.9 Å². The summed E-state index contributed by atoms with van der Waals surface area (Å²) in [7, 11) is 1.63. The Hall–Kier alpha value is -2.02. The molecule has 0 atom stereocenters. The van der Waals surface area contributed by atoms with Crippen molar-refractivity contribution in [1.29, 1.82) is 0 Å². The number of hydrogen-bond donors (Lipinski definition) is 2. The number of nitrogens with zero attached hydrogens (tertiary/aromatic N) is 2. The van der Waals surface area contributed by atoms with Crippen LogP contribution < -0.4 is 10.1 Å². The van der Waals surface area contributed by atoms with E-state index >= 15 is 0 Å². The first-order valence-corrected chi connectivity index (χ1v) is 8.67. The van der Waals surface area contributed by atoms with Gasteiger partial charge in [0.05, 0.1) is 12.9 Å². The van der Waals surface area contributed by atoms with Gasteiger partial charge in [0.15, 0.2) is 5.82 Å². The maximum absolute atomic E-state index is 11.7. The van der Waals surface area contributed by atoms with Gasteiger partial charge in [-0.15, -0.1) is 5.10 Å². The van der Waals surface area contributed by atoms with Gasteiger partial charge in [0.2, 0.25) is 11.1 Å². The first-order chi connectivity index (χ1) is 11.2. The van der Waals surface area contributed by atoms with E-state index < -0.39 is 0 Å². The quantitative estimate of drug-likeness (QED) is 0.544. The van der Waals surface area contributed by atoms with Crippen LogP contribution in [-0.2, 0) is 4.79 Å². The van der Waals surface area contributed by atoms with Gasteiger partial charge < -0.3 is 10.1 Å². The number of aromatic nitrogens is 3. The van der Waals surface area contributed by atoms with Gasteiger partial charge >= 0.3 is 0 Å². The first kappa shape index (κ1) is 17.3. The zero-order valence-electron chi connectivity index (χ0n) is 13.5. The lowest BCUT2D eigenvalue weighted by Crippen LogP contribution is -2.26. The van der Waals surface area contributed by atoms with Gasteiger partial charge in [0.25, 0.3) is 0 Å². The molecule has 0 aliphatic carbocycles. The van der Waals surface area contributed by atoms with Gasteiger partial charge in [-0.05, 0) is 30.7 Å². The van der Waals surface area contributed by atoms with Crippen LogP contribution in [0.25, 0.3) is 11.4 Å². The average molecular weight is 334 g/mol. The number of unbranched alkanes of at least 4 members (excludes halogenated alkanes) is 2. The molecule has 0 bridgehead atoms. The van der Waals surface area contributed by atoms with Crippen molar-refractivity contribution in [3.8, 4) is 17.1 Å². The summed E-state index contributed by atoms with van der Waals surface area (Å²) in [6.45, 7) is 2.87. The number of carbonyl (C=O) groups excluding carboxylic acids is 1. The molecule has 0 saturated carbocycles. The van der Waals surface area contributed by atoms with Crippen LogP contribution in [0.3, 0.4) is 0 Å². The van der Waals surface area contributed by atoms with Crippen molar-refractivity contribution in [2.75, 3.05) is 19.4 Å². The Morgan fingerprint density at radius 3 is 2.78 bits per heavy atom. The van der Waals surface area contributed by atoms with Crippen LogP contribution in [0, 0.1) is 0 Å². The van der Waals surface area contributed by atoms with E-state index in [4.69, 9.17) is 4.74 Å². The maximum atomic E-state index is 11.7. The van der Waals surface area contributed by atoms with Crippen molar-refractivity contribution in [3.05, 3.63) is 24.3 Å². The molecule has 23 heavy (non-hydrogen) atoms. The Kier molecular flexibility index (Phi) is 6.93. The number of benzene rings is 1. The second-order valence-electron chi connectivity index (χ2n) is 5.04. The Morgan fingerprint density at radius 1 is 1.30 bits per heavy atom. The molecule has 0 fully saturated rings. The van der Waals surface area contributed by atoms with Crippen molar-refractivity contribution >= 4 is 17.7 Å². The summed E-state index contributed by atoms with van der Waals surface area (Å²) >= 11 is 1.33. The summed E-state index contributed by atoms with van der Waals surface area (Å²) in [4.78, 5) is 16.1. The van der Waals surface area contributed by atoms with Crippen molar-refractivity contribution in [3.63, 3.8) is 0 Å². The van der Waals surface area contributed by atoms with Crippen molar-refractivity contribution < 1.29 is 9.53 Å². The van der Waals surface area contributed by atoms with Gasteiger partial charge in [0.1, 0.15) is 5.75 Å². The van der Waals surface area contributed by atoms with Gasteiger partial charge in [0, 0.05) is 12.1 Å². The summed E-state index contributed by atoms with van der Waals surface area (Å²) in [5.41, 5.74) is 0.925. The lowest BCUT2D eigenvalue weighted by molar-refractivity contribution is -0.118. The molecule has 0 unspecified atom stereocenters. The van der Waals surface area contributed by atoms with E-state index in [9.17, 15) is 4.79 Å². The molecule has 2 N–H and O–H groups in total. The largest absolute Gasteiger partial charge is 0.497 e. The molecule has 0 aliphatic heterocycles. The molecular weight excluding hydrogens is 312 g/mol. The van der Waals surface area contributed by atoms with Crippen molar-refractivity contribution in [2.24, 2.45) is 0 Å². The molecule has 2 rings (SSSR count). The molecule has 1 heterocycles. The second kappa shape index (κ2) is 9.19. The monoisotopic (exact) mass is 334 g/mol. The van der Waals surface area contributed by atoms with Gasteiger partial charge in [-0.2, -0.15) is 0 Å². The van der Waals surface area contributed by atoms with E-state index in [1.54, 1.807) is 7.11 Å². The SMILES string of the molecule is CCCCCNC(=O)CSc1n[nH]c(-c2ccc(OC)cc2)n1. The third-order valence-corrected chi connectivity index (χ3v) is 4.11. The number of rotatable bonds is 9. The number of aromatic amines is 1. The van der Waals surface area contributed by atoms with Gasteiger partial charge in [-0.25, -0.2) is 4.98 Å². The number of H-pyrrole nitrogens is 1. The molecule has 1 amide bonds. The molecule has 124 valence electrons. The molecule has 1 aromatic heterocycles.